The minimum Gasteiger partial charge on any atom is -0.436 e. The summed E-state index contributed by atoms with van der Waals surface area (Å²) in [5.74, 6) is -0.146. The van der Waals surface area contributed by atoms with Crippen LogP contribution in [-0.4, -0.2) is 42.1 Å². The summed E-state index contributed by atoms with van der Waals surface area (Å²) in [6.45, 7) is 4.16. The van der Waals surface area contributed by atoms with Crippen LogP contribution in [0.2, 0.25) is 5.02 Å². The SMILES string of the molecule is Cc1ccc2nc(-c3cc(NC(=O)c4cc([N+](=O)[O-])ccc4N4CCOCC4)ccc3Cl)oc2c1. The number of nitrogens with one attached hydrogen (secondary N) is 1. The van der Waals surface area contributed by atoms with Crippen LogP contribution < -0.4 is 10.2 Å². The number of aryl methyl sites for hydroxylation is 1. The van der Waals surface area contributed by atoms with E-state index in [2.05, 4.69) is 10.3 Å². The Labute approximate surface area is 205 Å². The highest BCUT2D eigenvalue weighted by atomic mass is 35.5. The van der Waals surface area contributed by atoms with E-state index in [4.69, 9.17) is 20.8 Å². The third kappa shape index (κ3) is 4.68. The first-order chi connectivity index (χ1) is 16.9. The molecule has 5 rings (SSSR count). The lowest BCUT2D eigenvalue weighted by Gasteiger charge is -2.30. The number of fused-ring (bicyclic) bond motifs is 1. The van der Waals surface area contributed by atoms with Gasteiger partial charge in [0.1, 0.15) is 5.52 Å². The number of aromatic nitrogens is 1. The van der Waals surface area contributed by atoms with Crippen molar-refractivity contribution in [2.75, 3.05) is 36.5 Å². The number of halogens is 1. The summed E-state index contributed by atoms with van der Waals surface area (Å²) in [6, 6.07) is 15.0. The molecule has 1 saturated heterocycles. The minimum atomic E-state index is -0.519. The molecule has 35 heavy (non-hydrogen) atoms. The summed E-state index contributed by atoms with van der Waals surface area (Å²) < 4.78 is 11.3. The molecule has 9 nitrogen and oxygen atoms in total. The Bertz CT molecular complexity index is 1450. The third-order valence-corrected chi connectivity index (χ3v) is 6.12. The molecule has 0 spiro atoms. The number of non-ortho nitro benzene ring substituents is 1. The van der Waals surface area contributed by atoms with E-state index in [-0.39, 0.29) is 11.3 Å². The zero-order valence-electron chi connectivity index (χ0n) is 18.8. The standard InChI is InChI=1S/C25H21ClN4O5/c1-15-2-6-21-23(12-15)35-25(28-21)18-13-16(3-5-20(18)26)27-24(31)19-14-17(30(32)33)4-7-22(19)29-8-10-34-11-9-29/h2-7,12-14H,8-11H2,1H3,(H,27,31). The Balaban J connectivity index is 1.48. The third-order valence-electron chi connectivity index (χ3n) is 5.79. The van der Waals surface area contributed by atoms with E-state index in [1.807, 2.05) is 30.0 Å². The quantitative estimate of drug-likeness (QED) is 0.291. The van der Waals surface area contributed by atoms with Gasteiger partial charge in [-0.05, 0) is 48.9 Å². The number of hydrogen-bond donors (Lipinski definition) is 1. The van der Waals surface area contributed by atoms with Crippen LogP contribution in [0.15, 0.2) is 59.0 Å². The number of carbonyl (C=O) groups excluding carboxylic acids is 1. The zero-order valence-corrected chi connectivity index (χ0v) is 19.5. The highest BCUT2D eigenvalue weighted by Gasteiger charge is 2.23. The summed E-state index contributed by atoms with van der Waals surface area (Å²) >= 11 is 6.42. The predicted octanol–water partition coefficient (Wildman–Crippen LogP) is 5.45. The van der Waals surface area contributed by atoms with Crippen molar-refractivity contribution in [3.63, 3.8) is 0 Å². The van der Waals surface area contributed by atoms with E-state index in [1.54, 1.807) is 24.3 Å². The van der Waals surface area contributed by atoms with Gasteiger partial charge in [-0.25, -0.2) is 4.98 Å². The van der Waals surface area contributed by atoms with Gasteiger partial charge < -0.3 is 19.4 Å². The van der Waals surface area contributed by atoms with Gasteiger partial charge in [0.05, 0.1) is 40.0 Å². The summed E-state index contributed by atoms with van der Waals surface area (Å²) in [4.78, 5) is 30.6. The summed E-state index contributed by atoms with van der Waals surface area (Å²) in [7, 11) is 0. The van der Waals surface area contributed by atoms with Gasteiger partial charge in [0.15, 0.2) is 5.58 Å². The number of anilines is 2. The number of amides is 1. The highest BCUT2D eigenvalue weighted by Crippen LogP contribution is 2.33. The van der Waals surface area contributed by atoms with Gasteiger partial charge in [0.2, 0.25) is 5.89 Å². The maximum absolute atomic E-state index is 13.3. The number of ether oxygens (including phenoxy) is 1. The molecule has 0 unspecified atom stereocenters. The van der Waals surface area contributed by atoms with Crippen molar-refractivity contribution in [2.24, 2.45) is 0 Å². The van der Waals surface area contributed by atoms with Crippen LogP contribution in [-0.2, 0) is 4.74 Å². The number of oxazole rings is 1. The van der Waals surface area contributed by atoms with Crippen LogP contribution in [0.1, 0.15) is 15.9 Å². The van der Waals surface area contributed by atoms with Gasteiger partial charge in [-0.3, -0.25) is 14.9 Å². The fraction of sp³-hybridized carbons (Fsp3) is 0.200. The maximum atomic E-state index is 13.3. The van der Waals surface area contributed by atoms with E-state index in [1.165, 1.54) is 12.1 Å². The van der Waals surface area contributed by atoms with Gasteiger partial charge in [-0.1, -0.05) is 17.7 Å². The molecule has 1 amide bonds. The van der Waals surface area contributed by atoms with E-state index in [0.717, 1.165) is 5.56 Å². The predicted molar refractivity (Wildman–Crippen MR) is 133 cm³/mol. The second-order valence-electron chi connectivity index (χ2n) is 8.20. The number of benzene rings is 3. The van der Waals surface area contributed by atoms with E-state index in [0.29, 0.717) is 65.3 Å². The van der Waals surface area contributed by atoms with Crippen molar-refractivity contribution in [3.8, 4) is 11.5 Å². The van der Waals surface area contributed by atoms with E-state index < -0.39 is 10.8 Å². The fourth-order valence-electron chi connectivity index (χ4n) is 4.01. The average molecular weight is 493 g/mol. The molecule has 10 heteroatoms. The Hall–Kier alpha value is -3.95. The zero-order chi connectivity index (χ0) is 24.5. The van der Waals surface area contributed by atoms with Crippen LogP contribution in [0.4, 0.5) is 17.1 Å². The van der Waals surface area contributed by atoms with Gasteiger partial charge in [-0.2, -0.15) is 0 Å². The molecule has 0 saturated carbocycles. The lowest BCUT2D eigenvalue weighted by Crippen LogP contribution is -2.37. The summed E-state index contributed by atoms with van der Waals surface area (Å²) in [6.07, 6.45) is 0. The van der Waals surface area contributed by atoms with E-state index >= 15 is 0 Å². The molecule has 1 aliphatic heterocycles. The molecule has 0 bridgehead atoms. The Kier molecular flexibility index (Phi) is 6.10. The molecule has 2 heterocycles. The van der Waals surface area contributed by atoms with Gasteiger partial charge in [0.25, 0.3) is 11.6 Å². The van der Waals surface area contributed by atoms with Gasteiger partial charge >= 0.3 is 0 Å². The second kappa shape index (κ2) is 9.36. The number of morpholine rings is 1. The van der Waals surface area contributed by atoms with Crippen molar-refractivity contribution in [3.05, 3.63) is 80.9 Å². The monoisotopic (exact) mass is 492 g/mol. The maximum Gasteiger partial charge on any atom is 0.270 e. The van der Waals surface area contributed by atoms with E-state index in [9.17, 15) is 14.9 Å². The lowest BCUT2D eigenvalue weighted by atomic mass is 10.1. The number of nitro groups is 1. The number of nitrogens with zero attached hydrogens (tertiary/aromatic N) is 3. The number of rotatable bonds is 5. The topological polar surface area (TPSA) is 111 Å². The molecule has 1 fully saturated rings. The average Bonchev–Trinajstić information content (AvgIpc) is 3.28. The molecule has 0 aliphatic carbocycles. The molecule has 1 aromatic heterocycles. The molecule has 1 aliphatic rings. The van der Waals surface area contributed by atoms with Gasteiger partial charge in [0, 0.05) is 30.9 Å². The van der Waals surface area contributed by atoms with Crippen molar-refractivity contribution >= 4 is 45.7 Å². The molecule has 0 atom stereocenters. The molecule has 178 valence electrons. The summed E-state index contributed by atoms with van der Waals surface area (Å²) in [5.41, 5.74) is 4.00. The minimum absolute atomic E-state index is 0.161. The highest BCUT2D eigenvalue weighted by molar-refractivity contribution is 6.33. The number of carbonyl (C=O) groups is 1. The Morgan fingerprint density at radius 3 is 2.69 bits per heavy atom. The van der Waals surface area contributed by atoms with Crippen LogP contribution in [0.25, 0.3) is 22.6 Å². The molecule has 4 aromatic rings. The van der Waals surface area contributed by atoms with Crippen LogP contribution in [0.5, 0.6) is 0 Å². The Morgan fingerprint density at radius 1 is 1.11 bits per heavy atom. The first-order valence-electron chi connectivity index (χ1n) is 11.0. The van der Waals surface area contributed by atoms with Crippen molar-refractivity contribution in [1.29, 1.82) is 0 Å². The first kappa shape index (κ1) is 22.8. The normalized spacial score (nSPS) is 13.7. The van der Waals surface area contributed by atoms with Crippen molar-refractivity contribution < 1.29 is 18.9 Å². The largest absolute Gasteiger partial charge is 0.436 e. The smallest absolute Gasteiger partial charge is 0.270 e. The molecule has 0 radical (unpaired) electrons. The fourth-order valence-corrected chi connectivity index (χ4v) is 4.21. The second-order valence-corrected chi connectivity index (χ2v) is 8.60. The molecular weight excluding hydrogens is 472 g/mol. The van der Waals surface area contributed by atoms with Crippen LogP contribution in [0.3, 0.4) is 0 Å². The van der Waals surface area contributed by atoms with Crippen molar-refractivity contribution in [1.82, 2.24) is 4.98 Å². The Morgan fingerprint density at radius 2 is 1.91 bits per heavy atom. The number of hydrogen-bond acceptors (Lipinski definition) is 7. The van der Waals surface area contributed by atoms with Crippen LogP contribution >= 0.6 is 11.6 Å². The molecular formula is C25H21ClN4O5. The molecule has 1 N–H and O–H groups in total. The summed E-state index contributed by atoms with van der Waals surface area (Å²) in [5, 5.41) is 14.6. The van der Waals surface area contributed by atoms with Crippen LogP contribution in [0, 0.1) is 17.0 Å². The first-order valence-corrected chi connectivity index (χ1v) is 11.4. The number of nitro benzene ring substituents is 1. The van der Waals surface area contributed by atoms with Crippen molar-refractivity contribution in [2.45, 2.75) is 6.92 Å². The lowest BCUT2D eigenvalue weighted by molar-refractivity contribution is -0.384. The molecule has 3 aromatic carbocycles. The van der Waals surface area contributed by atoms with Gasteiger partial charge in [-0.15, -0.1) is 0 Å².